The van der Waals surface area contributed by atoms with Crippen LogP contribution in [0.5, 0.6) is 0 Å². The van der Waals surface area contributed by atoms with Gasteiger partial charge in [0.2, 0.25) is 5.91 Å². The van der Waals surface area contributed by atoms with Gasteiger partial charge in [0.25, 0.3) is 0 Å². The van der Waals surface area contributed by atoms with Gasteiger partial charge < -0.3 is 10.6 Å². The molecule has 1 aromatic rings. The van der Waals surface area contributed by atoms with Crippen molar-refractivity contribution in [3.05, 3.63) is 34.3 Å². The number of hydrogen-bond acceptors (Lipinski definition) is 2. The first-order valence-corrected chi connectivity index (χ1v) is 7.67. The second-order valence-electron chi connectivity index (χ2n) is 5.18. The molecule has 1 fully saturated rings. The molecule has 1 saturated carbocycles. The molecule has 0 unspecified atom stereocenters. The van der Waals surface area contributed by atoms with Crippen molar-refractivity contribution < 1.29 is 4.79 Å². The van der Waals surface area contributed by atoms with Crippen LogP contribution >= 0.6 is 15.9 Å². The molecular weight excluding hydrogens is 304 g/mol. The first kappa shape index (κ1) is 14.5. The van der Waals surface area contributed by atoms with E-state index in [-0.39, 0.29) is 11.8 Å². The summed E-state index contributed by atoms with van der Waals surface area (Å²) in [6.45, 7) is 0.623. The van der Waals surface area contributed by atoms with Gasteiger partial charge in [-0.15, -0.1) is 0 Å². The molecule has 0 bridgehead atoms. The lowest BCUT2D eigenvalue weighted by Crippen LogP contribution is -2.37. The quantitative estimate of drug-likeness (QED) is 0.894. The van der Waals surface area contributed by atoms with E-state index in [0.717, 1.165) is 35.7 Å². The minimum absolute atomic E-state index is 0.194. The van der Waals surface area contributed by atoms with Gasteiger partial charge in [0.05, 0.1) is 0 Å². The van der Waals surface area contributed by atoms with Gasteiger partial charge in [-0.25, -0.2) is 0 Å². The van der Waals surface area contributed by atoms with Crippen LogP contribution in [0, 0.1) is 5.92 Å². The Bertz CT molecular complexity index is 411. The number of carbonyl (C=O) groups is 1. The molecule has 0 radical (unpaired) electrons. The van der Waals surface area contributed by atoms with Crippen molar-refractivity contribution in [1.82, 2.24) is 10.6 Å². The maximum Gasteiger partial charge on any atom is 0.223 e. The Labute approximate surface area is 123 Å². The van der Waals surface area contributed by atoms with Crippen molar-refractivity contribution in [1.29, 1.82) is 0 Å². The van der Waals surface area contributed by atoms with E-state index in [2.05, 4.69) is 26.6 Å². The van der Waals surface area contributed by atoms with Crippen molar-refractivity contribution in [2.75, 3.05) is 7.05 Å². The zero-order chi connectivity index (χ0) is 13.7. The topological polar surface area (TPSA) is 41.1 Å². The third-order valence-electron chi connectivity index (χ3n) is 3.89. The highest BCUT2D eigenvalue weighted by molar-refractivity contribution is 9.10. The normalized spacial score (nSPS) is 23.1. The molecule has 2 N–H and O–H groups in total. The predicted molar refractivity (Wildman–Crippen MR) is 80.8 cm³/mol. The zero-order valence-corrected chi connectivity index (χ0v) is 12.9. The Balaban J connectivity index is 1.77. The summed E-state index contributed by atoms with van der Waals surface area (Å²) in [5.41, 5.74) is 1.14. The smallest absolute Gasteiger partial charge is 0.223 e. The zero-order valence-electron chi connectivity index (χ0n) is 11.3. The third kappa shape index (κ3) is 4.32. The van der Waals surface area contributed by atoms with E-state index in [1.165, 1.54) is 0 Å². The Morgan fingerprint density at radius 2 is 1.84 bits per heavy atom. The van der Waals surface area contributed by atoms with E-state index in [4.69, 9.17) is 0 Å². The molecule has 0 aromatic heterocycles. The number of benzene rings is 1. The van der Waals surface area contributed by atoms with Gasteiger partial charge in [-0.3, -0.25) is 4.79 Å². The highest BCUT2D eigenvalue weighted by Crippen LogP contribution is 2.24. The molecule has 19 heavy (non-hydrogen) atoms. The number of carbonyl (C=O) groups excluding carboxylic acids is 1. The molecular formula is C15H21BrN2O. The van der Waals surface area contributed by atoms with Crippen LogP contribution in [0.15, 0.2) is 28.7 Å². The minimum Gasteiger partial charge on any atom is -0.352 e. The van der Waals surface area contributed by atoms with Gasteiger partial charge in [-0.2, -0.15) is 0 Å². The molecule has 1 aromatic carbocycles. The number of rotatable bonds is 4. The molecule has 0 spiro atoms. The van der Waals surface area contributed by atoms with Gasteiger partial charge in [0, 0.05) is 23.0 Å². The van der Waals surface area contributed by atoms with E-state index < -0.39 is 0 Å². The molecule has 4 heteroatoms. The molecule has 2 rings (SSSR count). The standard InChI is InChI=1S/C15H21BrN2O/c1-17-14-8-4-12(5-9-14)15(19)18-10-11-2-6-13(16)7-3-11/h2-3,6-7,12,14,17H,4-5,8-10H2,1H3,(H,18,19). The maximum atomic E-state index is 12.1. The molecule has 0 aliphatic heterocycles. The number of amides is 1. The lowest BCUT2D eigenvalue weighted by molar-refractivity contribution is -0.126. The second kappa shape index (κ2) is 7.06. The van der Waals surface area contributed by atoms with Gasteiger partial charge in [0.1, 0.15) is 0 Å². The number of halogens is 1. The van der Waals surface area contributed by atoms with Crippen molar-refractivity contribution in [2.24, 2.45) is 5.92 Å². The van der Waals surface area contributed by atoms with Crippen LogP contribution in [0.2, 0.25) is 0 Å². The van der Waals surface area contributed by atoms with Gasteiger partial charge in [0.15, 0.2) is 0 Å². The molecule has 1 aliphatic rings. The van der Waals surface area contributed by atoms with Crippen LogP contribution in [0.25, 0.3) is 0 Å². The monoisotopic (exact) mass is 324 g/mol. The fourth-order valence-electron chi connectivity index (χ4n) is 2.58. The van der Waals surface area contributed by atoms with Gasteiger partial charge >= 0.3 is 0 Å². The first-order chi connectivity index (χ1) is 9.19. The molecule has 3 nitrogen and oxygen atoms in total. The lowest BCUT2D eigenvalue weighted by Gasteiger charge is -2.27. The Hall–Kier alpha value is -0.870. The van der Waals surface area contributed by atoms with Crippen LogP contribution in [0.4, 0.5) is 0 Å². The minimum atomic E-state index is 0.194. The Morgan fingerprint density at radius 1 is 1.21 bits per heavy atom. The molecule has 0 saturated heterocycles. The lowest BCUT2D eigenvalue weighted by atomic mass is 9.85. The Kier molecular flexibility index (Phi) is 5.40. The highest BCUT2D eigenvalue weighted by atomic mass is 79.9. The van der Waals surface area contributed by atoms with Crippen molar-refractivity contribution in [3.63, 3.8) is 0 Å². The molecule has 104 valence electrons. The van der Waals surface area contributed by atoms with Gasteiger partial charge in [-0.05, 0) is 50.4 Å². The molecule has 0 heterocycles. The molecule has 1 amide bonds. The van der Waals surface area contributed by atoms with Crippen LogP contribution in [-0.2, 0) is 11.3 Å². The van der Waals surface area contributed by atoms with Gasteiger partial charge in [-0.1, -0.05) is 28.1 Å². The van der Waals surface area contributed by atoms with Crippen LogP contribution in [0.1, 0.15) is 31.2 Å². The van der Waals surface area contributed by atoms with E-state index in [0.29, 0.717) is 12.6 Å². The molecule has 1 aliphatic carbocycles. The maximum absolute atomic E-state index is 12.1. The fraction of sp³-hybridized carbons (Fsp3) is 0.533. The summed E-state index contributed by atoms with van der Waals surface area (Å²) < 4.78 is 1.06. The van der Waals surface area contributed by atoms with E-state index >= 15 is 0 Å². The largest absolute Gasteiger partial charge is 0.352 e. The average Bonchev–Trinajstić information content (AvgIpc) is 2.46. The first-order valence-electron chi connectivity index (χ1n) is 6.88. The number of nitrogens with one attached hydrogen (secondary N) is 2. The summed E-state index contributed by atoms with van der Waals surface area (Å²) in [6.07, 6.45) is 4.20. The van der Waals surface area contributed by atoms with Crippen molar-refractivity contribution >= 4 is 21.8 Å². The third-order valence-corrected chi connectivity index (χ3v) is 4.41. The summed E-state index contributed by atoms with van der Waals surface area (Å²) in [7, 11) is 2.00. The predicted octanol–water partition coefficient (Wildman–Crippen LogP) is 2.84. The summed E-state index contributed by atoms with van der Waals surface area (Å²) >= 11 is 3.41. The SMILES string of the molecule is CNC1CCC(C(=O)NCc2ccc(Br)cc2)CC1. The summed E-state index contributed by atoms with van der Waals surface area (Å²) in [6, 6.07) is 8.65. The fourth-order valence-corrected chi connectivity index (χ4v) is 2.84. The van der Waals surface area contributed by atoms with E-state index in [9.17, 15) is 4.79 Å². The van der Waals surface area contributed by atoms with Crippen molar-refractivity contribution in [2.45, 2.75) is 38.3 Å². The van der Waals surface area contributed by atoms with Crippen molar-refractivity contribution in [3.8, 4) is 0 Å². The average molecular weight is 325 g/mol. The highest BCUT2D eigenvalue weighted by Gasteiger charge is 2.25. The summed E-state index contributed by atoms with van der Waals surface area (Å²) in [5.74, 6) is 0.400. The van der Waals surface area contributed by atoms with Crippen LogP contribution in [0.3, 0.4) is 0 Å². The van der Waals surface area contributed by atoms with Crippen LogP contribution < -0.4 is 10.6 Å². The summed E-state index contributed by atoms with van der Waals surface area (Å²) in [5, 5.41) is 6.34. The molecule has 0 atom stereocenters. The number of hydrogen-bond donors (Lipinski definition) is 2. The van der Waals surface area contributed by atoms with Crippen LogP contribution in [-0.4, -0.2) is 19.0 Å². The summed E-state index contributed by atoms with van der Waals surface area (Å²) in [4.78, 5) is 12.1. The van der Waals surface area contributed by atoms with E-state index in [1.54, 1.807) is 0 Å². The Morgan fingerprint density at radius 3 is 2.42 bits per heavy atom. The van der Waals surface area contributed by atoms with E-state index in [1.807, 2.05) is 31.3 Å². The second-order valence-corrected chi connectivity index (χ2v) is 6.10.